The minimum atomic E-state index is -0.354. The number of ether oxygens (including phenoxy) is 1. The summed E-state index contributed by atoms with van der Waals surface area (Å²) in [6.45, 7) is 5.97. The summed E-state index contributed by atoms with van der Waals surface area (Å²) in [4.78, 5) is 25.8. The molecule has 3 atom stereocenters. The number of hydrogen-bond donors (Lipinski definition) is 1. The van der Waals surface area contributed by atoms with Gasteiger partial charge in [0.25, 0.3) is 0 Å². The summed E-state index contributed by atoms with van der Waals surface area (Å²) in [5.41, 5.74) is 1.41. The van der Waals surface area contributed by atoms with Gasteiger partial charge in [-0.3, -0.25) is 4.79 Å². The monoisotopic (exact) mass is 319 g/mol. The summed E-state index contributed by atoms with van der Waals surface area (Å²) in [5.74, 6) is 0.624. The van der Waals surface area contributed by atoms with Crippen LogP contribution in [0.4, 0.5) is 5.00 Å². The van der Waals surface area contributed by atoms with Crippen LogP contribution in [0, 0.1) is 31.6 Å². The number of allylic oxidation sites excluding steroid dienone is 2. The average molecular weight is 319 g/mol. The minimum Gasteiger partial charge on any atom is -0.462 e. The van der Waals surface area contributed by atoms with Crippen molar-refractivity contribution in [3.63, 3.8) is 0 Å². The number of aryl methyl sites for hydroxylation is 1. The number of fused-ring (bicyclic) bond motifs is 2. The van der Waals surface area contributed by atoms with Gasteiger partial charge in [0.15, 0.2) is 0 Å². The van der Waals surface area contributed by atoms with E-state index < -0.39 is 0 Å². The Morgan fingerprint density at radius 3 is 2.68 bits per heavy atom. The van der Waals surface area contributed by atoms with Crippen LogP contribution in [0.2, 0.25) is 0 Å². The number of thiophene rings is 1. The Morgan fingerprint density at radius 1 is 1.32 bits per heavy atom. The van der Waals surface area contributed by atoms with Gasteiger partial charge in [-0.1, -0.05) is 12.2 Å². The van der Waals surface area contributed by atoms with Crippen LogP contribution >= 0.6 is 11.3 Å². The molecule has 0 spiro atoms. The molecular formula is C17H21NO3S. The molecule has 1 N–H and O–H groups in total. The molecule has 3 unspecified atom stereocenters. The highest BCUT2D eigenvalue weighted by molar-refractivity contribution is 7.16. The van der Waals surface area contributed by atoms with E-state index in [1.54, 1.807) is 6.92 Å². The molecule has 1 fully saturated rings. The average Bonchev–Trinajstić information content (AvgIpc) is 3.15. The summed E-state index contributed by atoms with van der Waals surface area (Å²) in [7, 11) is 0. The molecule has 5 heteroatoms. The molecule has 118 valence electrons. The minimum absolute atomic E-state index is 0.0312. The topological polar surface area (TPSA) is 55.4 Å². The molecule has 0 radical (unpaired) electrons. The Hall–Kier alpha value is -1.62. The summed E-state index contributed by atoms with van der Waals surface area (Å²) >= 11 is 1.45. The third kappa shape index (κ3) is 2.58. The highest BCUT2D eigenvalue weighted by Crippen LogP contribution is 2.44. The molecule has 2 aliphatic carbocycles. The lowest BCUT2D eigenvalue weighted by Crippen LogP contribution is -2.26. The SMILES string of the molecule is CCOC(=O)c1c(NC(=O)C2CC3C=CC2C3)sc(C)c1C. The predicted molar refractivity (Wildman–Crippen MR) is 87.2 cm³/mol. The van der Waals surface area contributed by atoms with Crippen LogP contribution in [0.3, 0.4) is 0 Å². The zero-order valence-corrected chi connectivity index (χ0v) is 14.0. The van der Waals surface area contributed by atoms with E-state index in [4.69, 9.17) is 4.74 Å². The first kappa shape index (κ1) is 15.3. The van der Waals surface area contributed by atoms with Crippen molar-refractivity contribution in [2.24, 2.45) is 17.8 Å². The smallest absolute Gasteiger partial charge is 0.341 e. The van der Waals surface area contributed by atoms with Crippen molar-refractivity contribution in [1.29, 1.82) is 0 Å². The maximum Gasteiger partial charge on any atom is 0.341 e. The van der Waals surface area contributed by atoms with Gasteiger partial charge in [0.1, 0.15) is 5.00 Å². The molecular weight excluding hydrogens is 298 g/mol. The zero-order valence-electron chi connectivity index (χ0n) is 13.1. The number of esters is 1. The van der Waals surface area contributed by atoms with E-state index in [0.29, 0.717) is 29.0 Å². The number of carbonyl (C=O) groups is 2. The quantitative estimate of drug-likeness (QED) is 0.680. The van der Waals surface area contributed by atoms with Crippen LogP contribution in [0.25, 0.3) is 0 Å². The lowest BCUT2D eigenvalue weighted by Gasteiger charge is -2.17. The lowest BCUT2D eigenvalue weighted by atomic mass is 9.93. The fraction of sp³-hybridized carbons (Fsp3) is 0.529. The fourth-order valence-electron chi connectivity index (χ4n) is 3.45. The first-order valence-corrected chi connectivity index (χ1v) is 8.59. The van der Waals surface area contributed by atoms with Gasteiger partial charge < -0.3 is 10.1 Å². The Balaban J connectivity index is 1.80. The van der Waals surface area contributed by atoms with Crippen LogP contribution in [0.1, 0.15) is 40.6 Å². The third-order valence-corrected chi connectivity index (χ3v) is 5.84. The van der Waals surface area contributed by atoms with E-state index in [-0.39, 0.29) is 17.8 Å². The van der Waals surface area contributed by atoms with Gasteiger partial charge in [-0.2, -0.15) is 0 Å². The first-order chi connectivity index (χ1) is 10.5. The second-order valence-corrected chi connectivity index (χ2v) is 7.31. The van der Waals surface area contributed by atoms with Crippen molar-refractivity contribution in [3.05, 3.63) is 28.2 Å². The number of carbonyl (C=O) groups excluding carboxylic acids is 2. The Labute approximate surface area is 134 Å². The molecule has 2 bridgehead atoms. The molecule has 1 saturated carbocycles. The Morgan fingerprint density at radius 2 is 2.09 bits per heavy atom. The highest BCUT2D eigenvalue weighted by Gasteiger charge is 2.40. The van der Waals surface area contributed by atoms with E-state index >= 15 is 0 Å². The predicted octanol–water partition coefficient (Wildman–Crippen LogP) is 3.69. The van der Waals surface area contributed by atoms with Gasteiger partial charge in [0.2, 0.25) is 5.91 Å². The lowest BCUT2D eigenvalue weighted by molar-refractivity contribution is -0.120. The van der Waals surface area contributed by atoms with E-state index in [9.17, 15) is 9.59 Å². The normalized spacial score (nSPS) is 25.5. The first-order valence-electron chi connectivity index (χ1n) is 7.77. The summed E-state index contributed by atoms with van der Waals surface area (Å²) in [6.07, 6.45) is 6.39. The molecule has 1 aromatic rings. The summed E-state index contributed by atoms with van der Waals surface area (Å²) in [5, 5.41) is 3.61. The number of hydrogen-bond acceptors (Lipinski definition) is 4. The van der Waals surface area contributed by atoms with Gasteiger partial charge in [0.05, 0.1) is 12.2 Å². The van der Waals surface area contributed by atoms with Crippen molar-refractivity contribution < 1.29 is 14.3 Å². The van der Waals surface area contributed by atoms with Crippen molar-refractivity contribution in [2.45, 2.75) is 33.6 Å². The number of amides is 1. The van der Waals surface area contributed by atoms with E-state index in [0.717, 1.165) is 23.3 Å². The van der Waals surface area contributed by atoms with Crippen molar-refractivity contribution in [3.8, 4) is 0 Å². The number of anilines is 1. The van der Waals surface area contributed by atoms with Gasteiger partial charge in [-0.15, -0.1) is 11.3 Å². The van der Waals surface area contributed by atoms with Gasteiger partial charge in [-0.05, 0) is 51.0 Å². The molecule has 0 saturated heterocycles. The van der Waals surface area contributed by atoms with Gasteiger partial charge in [-0.25, -0.2) is 4.79 Å². The molecule has 1 amide bonds. The molecule has 0 aromatic carbocycles. The van der Waals surface area contributed by atoms with E-state index in [2.05, 4.69) is 17.5 Å². The molecule has 22 heavy (non-hydrogen) atoms. The van der Waals surface area contributed by atoms with Crippen molar-refractivity contribution in [2.75, 3.05) is 11.9 Å². The van der Waals surface area contributed by atoms with Gasteiger partial charge >= 0.3 is 5.97 Å². The second kappa shape index (κ2) is 5.88. The maximum absolute atomic E-state index is 12.6. The van der Waals surface area contributed by atoms with Crippen LogP contribution < -0.4 is 5.32 Å². The second-order valence-electron chi connectivity index (χ2n) is 6.08. The fourth-order valence-corrected chi connectivity index (χ4v) is 4.50. The molecule has 1 heterocycles. The molecule has 2 aliphatic rings. The molecule has 3 rings (SSSR count). The zero-order chi connectivity index (χ0) is 15.9. The van der Waals surface area contributed by atoms with Gasteiger partial charge in [0, 0.05) is 10.8 Å². The maximum atomic E-state index is 12.6. The largest absolute Gasteiger partial charge is 0.462 e. The summed E-state index contributed by atoms with van der Waals surface area (Å²) in [6, 6.07) is 0. The standard InChI is InChI=1S/C17H21NO3S/c1-4-21-17(20)14-9(2)10(3)22-16(14)18-15(19)13-8-11-5-6-12(13)7-11/h5-6,11-13H,4,7-8H2,1-3H3,(H,18,19). The number of rotatable bonds is 4. The van der Waals surface area contributed by atoms with Crippen molar-refractivity contribution in [1.82, 2.24) is 0 Å². The molecule has 4 nitrogen and oxygen atoms in total. The molecule has 0 aliphatic heterocycles. The van der Waals surface area contributed by atoms with Crippen LogP contribution in [-0.2, 0) is 9.53 Å². The van der Waals surface area contributed by atoms with E-state index in [1.165, 1.54) is 11.3 Å². The van der Waals surface area contributed by atoms with E-state index in [1.807, 2.05) is 13.8 Å². The third-order valence-electron chi connectivity index (χ3n) is 4.72. The highest BCUT2D eigenvalue weighted by atomic mass is 32.1. The Kier molecular flexibility index (Phi) is 4.08. The van der Waals surface area contributed by atoms with Crippen LogP contribution in [-0.4, -0.2) is 18.5 Å². The number of nitrogens with one attached hydrogen (secondary N) is 1. The summed E-state index contributed by atoms with van der Waals surface area (Å²) < 4.78 is 5.12. The Bertz CT molecular complexity index is 647. The molecule has 1 aromatic heterocycles. The van der Waals surface area contributed by atoms with Crippen LogP contribution in [0.5, 0.6) is 0 Å². The van der Waals surface area contributed by atoms with Crippen molar-refractivity contribution >= 4 is 28.2 Å². The van der Waals surface area contributed by atoms with Crippen LogP contribution in [0.15, 0.2) is 12.2 Å².